The monoisotopic (exact) mass is 380 g/mol. The third-order valence-corrected chi connectivity index (χ3v) is 4.84. The SMILES string of the molecule is COC(=O)C(C)S(=O)(=O)Nc1ccc(Br)cc1C(N)=S. The Balaban J connectivity index is 3.16. The van der Waals surface area contributed by atoms with Gasteiger partial charge in [-0.25, -0.2) is 8.42 Å². The smallest absolute Gasteiger partial charge is 0.325 e. The van der Waals surface area contributed by atoms with Gasteiger partial charge < -0.3 is 10.5 Å². The third-order valence-electron chi connectivity index (χ3n) is 2.50. The molecule has 0 amide bonds. The molecule has 0 fully saturated rings. The lowest BCUT2D eigenvalue weighted by Gasteiger charge is -2.15. The van der Waals surface area contributed by atoms with E-state index in [1.54, 1.807) is 12.1 Å². The molecule has 1 rings (SSSR count). The fourth-order valence-corrected chi connectivity index (χ4v) is 2.88. The molecule has 0 heterocycles. The first-order valence-electron chi connectivity index (χ1n) is 5.38. The van der Waals surface area contributed by atoms with Gasteiger partial charge in [0.2, 0.25) is 10.0 Å². The van der Waals surface area contributed by atoms with E-state index in [4.69, 9.17) is 18.0 Å². The molecule has 0 spiro atoms. The highest BCUT2D eigenvalue weighted by Crippen LogP contribution is 2.23. The summed E-state index contributed by atoms with van der Waals surface area (Å²) in [6.45, 7) is 1.23. The molecule has 9 heteroatoms. The van der Waals surface area contributed by atoms with Crippen molar-refractivity contribution < 1.29 is 17.9 Å². The summed E-state index contributed by atoms with van der Waals surface area (Å²) in [4.78, 5) is 11.4. The summed E-state index contributed by atoms with van der Waals surface area (Å²) in [5.41, 5.74) is 6.11. The summed E-state index contributed by atoms with van der Waals surface area (Å²) in [5.74, 6) is -0.855. The van der Waals surface area contributed by atoms with Crippen molar-refractivity contribution in [2.75, 3.05) is 11.8 Å². The van der Waals surface area contributed by atoms with E-state index < -0.39 is 21.2 Å². The standard InChI is InChI=1S/C11H13BrN2O4S2/c1-6(11(15)18-2)20(16,17)14-9-4-3-7(12)5-8(9)10(13)19/h3-6,14H,1-2H3,(H2,13,19). The Hall–Kier alpha value is -1.19. The number of hydrogen-bond donors (Lipinski definition) is 2. The first-order chi connectivity index (χ1) is 9.19. The van der Waals surface area contributed by atoms with Crippen LogP contribution in [0.4, 0.5) is 5.69 Å². The molecule has 0 aromatic heterocycles. The van der Waals surface area contributed by atoms with Crippen LogP contribution in [0.3, 0.4) is 0 Å². The van der Waals surface area contributed by atoms with E-state index in [1.807, 2.05) is 0 Å². The summed E-state index contributed by atoms with van der Waals surface area (Å²) in [5, 5.41) is -1.35. The highest BCUT2D eigenvalue weighted by Gasteiger charge is 2.29. The Morgan fingerprint density at radius 3 is 2.60 bits per heavy atom. The number of benzene rings is 1. The van der Waals surface area contributed by atoms with Crippen LogP contribution < -0.4 is 10.5 Å². The third kappa shape index (κ3) is 3.90. The fourth-order valence-electron chi connectivity index (χ4n) is 1.34. The second-order valence-electron chi connectivity index (χ2n) is 3.87. The van der Waals surface area contributed by atoms with E-state index >= 15 is 0 Å². The lowest BCUT2D eigenvalue weighted by molar-refractivity contribution is -0.139. The van der Waals surface area contributed by atoms with Gasteiger partial charge in [-0.05, 0) is 25.1 Å². The zero-order valence-electron chi connectivity index (χ0n) is 10.7. The van der Waals surface area contributed by atoms with Crippen LogP contribution in [0, 0.1) is 0 Å². The van der Waals surface area contributed by atoms with Crippen molar-refractivity contribution in [3.05, 3.63) is 28.2 Å². The summed E-state index contributed by atoms with van der Waals surface area (Å²) in [7, 11) is -2.83. The maximum Gasteiger partial charge on any atom is 0.325 e. The molecule has 0 bridgehead atoms. The molecule has 0 aliphatic rings. The van der Waals surface area contributed by atoms with Gasteiger partial charge >= 0.3 is 5.97 Å². The summed E-state index contributed by atoms with van der Waals surface area (Å²) < 4.78 is 31.5. The van der Waals surface area contributed by atoms with Crippen LogP contribution in [-0.4, -0.2) is 31.7 Å². The predicted molar refractivity (Wildman–Crippen MR) is 84.0 cm³/mol. The lowest BCUT2D eigenvalue weighted by Crippen LogP contribution is -2.33. The van der Waals surface area contributed by atoms with Gasteiger partial charge in [0.25, 0.3) is 0 Å². The summed E-state index contributed by atoms with van der Waals surface area (Å²) in [6, 6.07) is 4.71. The number of esters is 1. The number of methoxy groups -OCH3 is 1. The molecule has 0 saturated carbocycles. The van der Waals surface area contributed by atoms with Crippen molar-refractivity contribution in [1.82, 2.24) is 0 Å². The van der Waals surface area contributed by atoms with Crippen LogP contribution in [0.1, 0.15) is 12.5 Å². The Bertz CT molecular complexity index is 646. The average Bonchev–Trinajstić information content (AvgIpc) is 2.38. The van der Waals surface area contributed by atoms with E-state index in [-0.39, 0.29) is 10.7 Å². The van der Waals surface area contributed by atoms with Gasteiger partial charge in [0.1, 0.15) is 4.99 Å². The Morgan fingerprint density at radius 2 is 2.10 bits per heavy atom. The van der Waals surface area contributed by atoms with Crippen molar-refractivity contribution in [1.29, 1.82) is 0 Å². The van der Waals surface area contributed by atoms with Crippen molar-refractivity contribution >= 4 is 54.8 Å². The van der Waals surface area contributed by atoms with E-state index in [2.05, 4.69) is 25.4 Å². The molecule has 1 unspecified atom stereocenters. The largest absolute Gasteiger partial charge is 0.468 e. The molecule has 1 aromatic carbocycles. The predicted octanol–water partition coefficient (Wildman–Crippen LogP) is 1.39. The Morgan fingerprint density at radius 1 is 1.50 bits per heavy atom. The topological polar surface area (TPSA) is 98.5 Å². The molecule has 0 aliphatic heterocycles. The highest BCUT2D eigenvalue weighted by molar-refractivity contribution is 9.10. The van der Waals surface area contributed by atoms with E-state index in [1.165, 1.54) is 13.0 Å². The quantitative estimate of drug-likeness (QED) is 0.591. The molecule has 6 nitrogen and oxygen atoms in total. The molecule has 0 radical (unpaired) electrons. The number of thiocarbonyl (C=S) groups is 1. The van der Waals surface area contributed by atoms with Crippen LogP contribution in [0.2, 0.25) is 0 Å². The molecule has 1 aromatic rings. The number of nitrogens with two attached hydrogens (primary N) is 1. The van der Waals surface area contributed by atoms with Gasteiger partial charge in [-0.15, -0.1) is 0 Å². The van der Waals surface area contributed by atoms with Gasteiger partial charge in [0, 0.05) is 10.0 Å². The summed E-state index contributed by atoms with van der Waals surface area (Å²) in [6.07, 6.45) is 0. The number of sulfonamides is 1. The number of halogens is 1. The van der Waals surface area contributed by atoms with Gasteiger partial charge in [0.05, 0.1) is 12.8 Å². The maximum absolute atomic E-state index is 12.1. The number of carbonyl (C=O) groups excluding carboxylic acids is 1. The van der Waals surface area contributed by atoms with E-state index in [9.17, 15) is 13.2 Å². The van der Waals surface area contributed by atoms with Crippen LogP contribution >= 0.6 is 28.1 Å². The number of nitrogens with one attached hydrogen (secondary N) is 1. The van der Waals surface area contributed by atoms with Crippen molar-refractivity contribution in [2.45, 2.75) is 12.2 Å². The van der Waals surface area contributed by atoms with Crippen LogP contribution in [0.15, 0.2) is 22.7 Å². The van der Waals surface area contributed by atoms with Crippen molar-refractivity contribution in [2.24, 2.45) is 5.73 Å². The number of rotatable bonds is 5. The zero-order chi connectivity index (χ0) is 15.5. The maximum atomic E-state index is 12.1. The first-order valence-corrected chi connectivity index (χ1v) is 8.12. The molecule has 20 heavy (non-hydrogen) atoms. The lowest BCUT2D eigenvalue weighted by atomic mass is 10.2. The molecule has 0 aliphatic carbocycles. The Kier molecular flexibility index (Phi) is 5.49. The highest BCUT2D eigenvalue weighted by atomic mass is 79.9. The Labute approximate surface area is 130 Å². The van der Waals surface area contributed by atoms with Crippen LogP contribution in [0.25, 0.3) is 0 Å². The molecule has 0 saturated heterocycles. The first kappa shape index (κ1) is 16.9. The minimum atomic E-state index is -3.95. The fraction of sp³-hybridized carbons (Fsp3) is 0.273. The van der Waals surface area contributed by atoms with Gasteiger partial charge in [-0.3, -0.25) is 9.52 Å². The minimum Gasteiger partial charge on any atom is -0.468 e. The number of ether oxygens (including phenoxy) is 1. The van der Waals surface area contributed by atoms with Gasteiger partial charge in [0.15, 0.2) is 5.25 Å². The van der Waals surface area contributed by atoms with Crippen molar-refractivity contribution in [3.63, 3.8) is 0 Å². The van der Waals surface area contributed by atoms with Crippen molar-refractivity contribution in [3.8, 4) is 0 Å². The molecule has 1 atom stereocenters. The molecular weight excluding hydrogens is 368 g/mol. The number of anilines is 1. The van der Waals surface area contributed by atoms with E-state index in [0.717, 1.165) is 7.11 Å². The van der Waals surface area contributed by atoms with Crippen LogP contribution in [-0.2, 0) is 19.6 Å². The van der Waals surface area contributed by atoms with Crippen LogP contribution in [0.5, 0.6) is 0 Å². The normalized spacial score (nSPS) is 12.6. The summed E-state index contributed by atoms with van der Waals surface area (Å²) >= 11 is 8.11. The molecule has 3 N–H and O–H groups in total. The minimum absolute atomic E-state index is 0.0368. The second kappa shape index (κ2) is 6.51. The number of carbonyl (C=O) groups is 1. The van der Waals surface area contributed by atoms with E-state index in [0.29, 0.717) is 10.0 Å². The number of hydrogen-bond acceptors (Lipinski definition) is 5. The second-order valence-corrected chi connectivity index (χ2v) is 7.22. The van der Waals surface area contributed by atoms with Gasteiger partial charge in [-0.1, -0.05) is 28.1 Å². The van der Waals surface area contributed by atoms with Gasteiger partial charge in [-0.2, -0.15) is 0 Å². The molecular formula is C11H13BrN2O4S2. The molecule has 110 valence electrons. The average molecular weight is 381 g/mol. The zero-order valence-corrected chi connectivity index (χ0v) is 13.9.